The van der Waals surface area contributed by atoms with Gasteiger partial charge < -0.3 is 9.47 Å². The predicted molar refractivity (Wildman–Crippen MR) is 119 cm³/mol. The highest BCUT2D eigenvalue weighted by molar-refractivity contribution is 5.83. The summed E-state index contributed by atoms with van der Waals surface area (Å²) in [6, 6.07) is 21.6. The van der Waals surface area contributed by atoms with E-state index in [0.29, 0.717) is 6.61 Å². The first-order chi connectivity index (χ1) is 14.5. The Hall–Kier alpha value is -3.60. The molecule has 1 N–H and O–H groups in total. The third kappa shape index (κ3) is 6.21. The summed E-state index contributed by atoms with van der Waals surface area (Å²) in [4.78, 5) is 12.0. The highest BCUT2D eigenvalue weighted by Gasteiger charge is 2.06. The van der Waals surface area contributed by atoms with E-state index in [1.807, 2.05) is 56.3 Å². The van der Waals surface area contributed by atoms with Crippen LogP contribution in [0.5, 0.6) is 11.5 Å². The van der Waals surface area contributed by atoms with Gasteiger partial charge >= 0.3 is 0 Å². The number of amides is 1. The molecule has 3 aromatic rings. The van der Waals surface area contributed by atoms with Crippen molar-refractivity contribution >= 4 is 12.1 Å². The number of rotatable bonds is 8. The molecule has 3 aromatic carbocycles. The molecule has 0 unspecified atom stereocenters. The standard InChI is InChI=1S/C25H26N2O3/c1-18-7-9-22(10-8-18)16-29-23-13-11-21(12-14-23)15-26-27-24(28)17-30-25-19(2)5-4-6-20(25)3/h4-15H,16-17H2,1-3H3,(H,27,28)/b26-15+. The molecule has 0 radical (unpaired) electrons. The number of para-hydroxylation sites is 1. The fourth-order valence-electron chi connectivity index (χ4n) is 2.88. The summed E-state index contributed by atoms with van der Waals surface area (Å²) in [6.45, 7) is 6.39. The molecule has 0 bridgehead atoms. The predicted octanol–water partition coefficient (Wildman–Crippen LogP) is 4.72. The van der Waals surface area contributed by atoms with Gasteiger partial charge in [0.05, 0.1) is 6.21 Å². The number of aryl methyl sites for hydroxylation is 3. The molecule has 154 valence electrons. The van der Waals surface area contributed by atoms with E-state index in [1.165, 1.54) is 5.56 Å². The van der Waals surface area contributed by atoms with Crippen LogP contribution in [0.1, 0.15) is 27.8 Å². The van der Waals surface area contributed by atoms with E-state index < -0.39 is 0 Å². The quantitative estimate of drug-likeness (QED) is 0.438. The number of hydrogen-bond donors (Lipinski definition) is 1. The lowest BCUT2D eigenvalue weighted by Gasteiger charge is -2.10. The Bertz CT molecular complexity index is 989. The summed E-state index contributed by atoms with van der Waals surface area (Å²) in [5.74, 6) is 1.20. The van der Waals surface area contributed by atoms with Crippen molar-refractivity contribution in [2.75, 3.05) is 6.61 Å². The number of nitrogens with one attached hydrogen (secondary N) is 1. The summed E-state index contributed by atoms with van der Waals surface area (Å²) >= 11 is 0. The highest BCUT2D eigenvalue weighted by Crippen LogP contribution is 2.22. The van der Waals surface area contributed by atoms with Gasteiger partial charge in [0.1, 0.15) is 18.1 Å². The fourth-order valence-corrected chi connectivity index (χ4v) is 2.88. The van der Waals surface area contributed by atoms with Crippen LogP contribution >= 0.6 is 0 Å². The van der Waals surface area contributed by atoms with Crippen molar-refractivity contribution in [3.05, 3.63) is 94.5 Å². The summed E-state index contributed by atoms with van der Waals surface area (Å²) in [5.41, 5.74) is 7.68. The van der Waals surface area contributed by atoms with Gasteiger partial charge in [-0.1, -0.05) is 48.0 Å². The molecule has 0 atom stereocenters. The Morgan fingerprint density at radius 3 is 2.23 bits per heavy atom. The molecule has 0 saturated carbocycles. The van der Waals surface area contributed by atoms with Crippen molar-refractivity contribution < 1.29 is 14.3 Å². The Morgan fingerprint density at radius 1 is 0.900 bits per heavy atom. The average molecular weight is 402 g/mol. The number of ether oxygens (including phenoxy) is 2. The van der Waals surface area contributed by atoms with Crippen LogP contribution in [0.2, 0.25) is 0 Å². The first kappa shape index (κ1) is 21.1. The largest absolute Gasteiger partial charge is 0.489 e. The Kier molecular flexibility index (Phi) is 7.22. The van der Waals surface area contributed by atoms with Gasteiger partial charge in [0.15, 0.2) is 6.61 Å². The zero-order valence-electron chi connectivity index (χ0n) is 17.5. The van der Waals surface area contributed by atoms with Crippen LogP contribution in [0.3, 0.4) is 0 Å². The zero-order chi connectivity index (χ0) is 21.3. The van der Waals surface area contributed by atoms with Crippen molar-refractivity contribution in [2.45, 2.75) is 27.4 Å². The van der Waals surface area contributed by atoms with E-state index in [9.17, 15) is 4.79 Å². The Labute approximate surface area is 177 Å². The zero-order valence-corrected chi connectivity index (χ0v) is 17.5. The molecule has 0 aliphatic heterocycles. The van der Waals surface area contributed by atoms with Crippen LogP contribution < -0.4 is 14.9 Å². The van der Waals surface area contributed by atoms with Crippen LogP contribution in [0.4, 0.5) is 0 Å². The van der Waals surface area contributed by atoms with Gasteiger partial charge in [0, 0.05) is 0 Å². The van der Waals surface area contributed by atoms with E-state index in [1.54, 1.807) is 6.21 Å². The maximum absolute atomic E-state index is 12.0. The van der Waals surface area contributed by atoms with E-state index in [0.717, 1.165) is 33.8 Å². The lowest BCUT2D eigenvalue weighted by Crippen LogP contribution is -2.25. The van der Waals surface area contributed by atoms with Crippen LogP contribution in [0.25, 0.3) is 0 Å². The lowest BCUT2D eigenvalue weighted by molar-refractivity contribution is -0.123. The van der Waals surface area contributed by atoms with Crippen molar-refractivity contribution in [1.82, 2.24) is 5.43 Å². The first-order valence-electron chi connectivity index (χ1n) is 9.80. The van der Waals surface area contributed by atoms with Gasteiger partial charge in [0.25, 0.3) is 5.91 Å². The molecule has 0 aliphatic rings. The number of carbonyl (C=O) groups excluding carboxylic acids is 1. The summed E-state index contributed by atoms with van der Waals surface area (Å²) < 4.78 is 11.4. The monoisotopic (exact) mass is 402 g/mol. The number of hydrazone groups is 1. The van der Waals surface area contributed by atoms with Crippen LogP contribution in [0.15, 0.2) is 71.8 Å². The molecule has 5 heteroatoms. The second kappa shape index (κ2) is 10.3. The summed E-state index contributed by atoms with van der Waals surface area (Å²) in [6.07, 6.45) is 1.58. The molecule has 0 heterocycles. The number of benzene rings is 3. The van der Waals surface area contributed by atoms with Gasteiger partial charge in [-0.05, 0) is 67.3 Å². The van der Waals surface area contributed by atoms with Gasteiger partial charge in [-0.3, -0.25) is 4.79 Å². The molecule has 0 aromatic heterocycles. The van der Waals surface area contributed by atoms with E-state index >= 15 is 0 Å². The molecule has 3 rings (SSSR count). The molecule has 30 heavy (non-hydrogen) atoms. The highest BCUT2D eigenvalue weighted by atomic mass is 16.5. The molecular formula is C25H26N2O3. The van der Waals surface area contributed by atoms with Crippen molar-refractivity contribution in [3.8, 4) is 11.5 Å². The maximum Gasteiger partial charge on any atom is 0.277 e. The van der Waals surface area contributed by atoms with Gasteiger partial charge in [0.2, 0.25) is 0 Å². The van der Waals surface area contributed by atoms with Crippen molar-refractivity contribution in [3.63, 3.8) is 0 Å². The molecular weight excluding hydrogens is 376 g/mol. The van der Waals surface area contributed by atoms with Crippen LogP contribution in [-0.2, 0) is 11.4 Å². The second-order valence-corrected chi connectivity index (χ2v) is 7.15. The molecule has 0 aliphatic carbocycles. The number of hydrogen-bond acceptors (Lipinski definition) is 4. The summed E-state index contributed by atoms with van der Waals surface area (Å²) in [5, 5.41) is 3.98. The molecule has 5 nitrogen and oxygen atoms in total. The van der Waals surface area contributed by atoms with Gasteiger partial charge in [-0.15, -0.1) is 0 Å². The fraction of sp³-hybridized carbons (Fsp3) is 0.200. The molecule has 0 spiro atoms. The minimum absolute atomic E-state index is 0.0885. The third-order valence-corrected chi connectivity index (χ3v) is 4.57. The van der Waals surface area contributed by atoms with Crippen molar-refractivity contribution in [1.29, 1.82) is 0 Å². The molecule has 0 fully saturated rings. The second-order valence-electron chi connectivity index (χ2n) is 7.15. The number of nitrogens with zero attached hydrogens (tertiary/aromatic N) is 1. The minimum Gasteiger partial charge on any atom is -0.489 e. The molecule has 0 saturated heterocycles. The Balaban J connectivity index is 1.44. The number of carbonyl (C=O) groups is 1. The van der Waals surface area contributed by atoms with Gasteiger partial charge in [-0.25, -0.2) is 5.43 Å². The maximum atomic E-state index is 12.0. The van der Waals surface area contributed by atoms with Gasteiger partial charge in [-0.2, -0.15) is 5.10 Å². The van der Waals surface area contributed by atoms with Crippen molar-refractivity contribution in [2.24, 2.45) is 5.10 Å². The molecule has 1 amide bonds. The SMILES string of the molecule is Cc1ccc(COc2ccc(/C=N/NC(=O)COc3c(C)cccc3C)cc2)cc1. The smallest absolute Gasteiger partial charge is 0.277 e. The Morgan fingerprint density at radius 2 is 1.57 bits per heavy atom. The minimum atomic E-state index is -0.313. The summed E-state index contributed by atoms with van der Waals surface area (Å²) in [7, 11) is 0. The topological polar surface area (TPSA) is 59.9 Å². The third-order valence-electron chi connectivity index (χ3n) is 4.57. The van der Waals surface area contributed by atoms with Crippen LogP contribution in [-0.4, -0.2) is 18.7 Å². The lowest BCUT2D eigenvalue weighted by atomic mass is 10.1. The average Bonchev–Trinajstić information content (AvgIpc) is 2.74. The van der Waals surface area contributed by atoms with E-state index in [4.69, 9.17) is 9.47 Å². The van der Waals surface area contributed by atoms with Crippen LogP contribution in [0, 0.1) is 20.8 Å². The first-order valence-corrected chi connectivity index (χ1v) is 9.80. The van der Waals surface area contributed by atoms with E-state index in [-0.39, 0.29) is 12.5 Å². The normalized spacial score (nSPS) is 10.8. The van der Waals surface area contributed by atoms with E-state index in [2.05, 4.69) is 41.7 Å².